The zero-order valence-electron chi connectivity index (χ0n) is 12.3. The molecule has 4 nitrogen and oxygen atoms in total. The van der Waals surface area contributed by atoms with Gasteiger partial charge in [-0.1, -0.05) is 26.0 Å². The Morgan fingerprint density at radius 3 is 2.45 bits per heavy atom. The number of rotatable bonds is 6. The van der Waals surface area contributed by atoms with Crippen LogP contribution in [0.3, 0.4) is 0 Å². The van der Waals surface area contributed by atoms with Crippen LogP contribution in [0.1, 0.15) is 25.0 Å². The van der Waals surface area contributed by atoms with Crippen molar-refractivity contribution in [1.82, 2.24) is 4.31 Å². The number of nitrogens with zero attached hydrogens (tertiary/aromatic N) is 2. The van der Waals surface area contributed by atoms with Crippen LogP contribution in [0, 0.1) is 17.2 Å². The molecule has 0 unspecified atom stereocenters. The van der Waals surface area contributed by atoms with Crippen molar-refractivity contribution in [3.8, 4) is 6.07 Å². The quantitative estimate of drug-likeness (QED) is 0.804. The van der Waals surface area contributed by atoms with E-state index in [4.69, 9.17) is 5.26 Å². The Morgan fingerprint density at radius 1 is 1.32 bits per heavy atom. The van der Waals surface area contributed by atoms with Gasteiger partial charge in [-0.25, -0.2) is 8.42 Å². The van der Waals surface area contributed by atoms with E-state index in [1.54, 1.807) is 13.8 Å². The molecule has 122 valence electrons. The number of nitriles is 1. The first-order valence-electron chi connectivity index (χ1n) is 6.57. The number of benzene rings is 1. The summed E-state index contributed by atoms with van der Waals surface area (Å²) in [5.74, 6) is -0.798. The van der Waals surface area contributed by atoms with Gasteiger partial charge in [-0.3, -0.25) is 0 Å². The van der Waals surface area contributed by atoms with Gasteiger partial charge in [0, 0.05) is 6.54 Å². The molecule has 22 heavy (non-hydrogen) atoms. The number of sulfonamides is 1. The number of halogens is 3. The normalized spacial score (nSPS) is 12.6. The van der Waals surface area contributed by atoms with E-state index in [-0.39, 0.29) is 23.6 Å². The van der Waals surface area contributed by atoms with Crippen molar-refractivity contribution in [1.29, 1.82) is 5.26 Å². The second-order valence-corrected chi connectivity index (χ2v) is 7.34. The maximum Gasteiger partial charge on any atom is 0.402 e. The highest BCUT2D eigenvalue weighted by molar-refractivity contribution is 7.88. The van der Waals surface area contributed by atoms with E-state index < -0.39 is 28.5 Å². The highest BCUT2D eigenvalue weighted by Crippen LogP contribution is 2.22. The molecule has 0 amide bonds. The lowest BCUT2D eigenvalue weighted by Crippen LogP contribution is -2.41. The molecule has 0 heterocycles. The summed E-state index contributed by atoms with van der Waals surface area (Å²) in [6.07, 6.45) is -4.60. The Balaban J connectivity index is 3.03. The zero-order chi connectivity index (χ0) is 17.0. The molecule has 0 radical (unpaired) electrons. The predicted octanol–water partition coefficient (Wildman–Crippen LogP) is 2.91. The fraction of sp³-hybridized carbons (Fsp3) is 0.500. The maximum absolute atomic E-state index is 12.6. The van der Waals surface area contributed by atoms with Crippen LogP contribution in [0.5, 0.6) is 0 Å². The first-order chi connectivity index (χ1) is 10.0. The van der Waals surface area contributed by atoms with Crippen molar-refractivity contribution in [2.24, 2.45) is 5.92 Å². The summed E-state index contributed by atoms with van der Waals surface area (Å²) in [6.45, 7) is 1.58. The summed E-state index contributed by atoms with van der Waals surface area (Å²) in [7, 11) is -4.12. The molecule has 1 aromatic carbocycles. The molecule has 0 atom stereocenters. The minimum absolute atomic E-state index is 0.209. The van der Waals surface area contributed by atoms with Crippen LogP contribution < -0.4 is 0 Å². The summed E-state index contributed by atoms with van der Waals surface area (Å²) >= 11 is 0. The van der Waals surface area contributed by atoms with Gasteiger partial charge < -0.3 is 0 Å². The highest BCUT2D eigenvalue weighted by atomic mass is 32.2. The average Bonchev–Trinajstić information content (AvgIpc) is 2.35. The molecule has 0 fully saturated rings. The van der Waals surface area contributed by atoms with Gasteiger partial charge in [-0.05, 0) is 23.6 Å². The molecular formula is C14H17F3N2O2S. The molecule has 0 bridgehead atoms. The van der Waals surface area contributed by atoms with Gasteiger partial charge in [0.2, 0.25) is 10.0 Å². The molecule has 0 aliphatic rings. The highest BCUT2D eigenvalue weighted by Gasteiger charge is 2.36. The van der Waals surface area contributed by atoms with Crippen molar-refractivity contribution < 1.29 is 21.6 Å². The van der Waals surface area contributed by atoms with E-state index in [1.165, 1.54) is 24.3 Å². The average molecular weight is 334 g/mol. The third kappa shape index (κ3) is 6.03. The van der Waals surface area contributed by atoms with Gasteiger partial charge in [0.05, 0.1) is 17.4 Å². The molecular weight excluding hydrogens is 317 g/mol. The minimum atomic E-state index is -4.60. The van der Waals surface area contributed by atoms with Gasteiger partial charge in [-0.15, -0.1) is 0 Å². The third-order valence-electron chi connectivity index (χ3n) is 2.72. The van der Waals surface area contributed by atoms with Gasteiger partial charge >= 0.3 is 6.18 Å². The molecule has 1 rings (SSSR count). The number of alkyl halides is 3. The molecule has 0 aliphatic carbocycles. The standard InChI is InChI=1S/C14H17F3N2O2S/c1-11(2)8-19(10-14(15,16)17)22(20,21)9-13-5-3-4-12(6-13)7-18/h3-6,11H,8-10H2,1-2H3. The van der Waals surface area contributed by atoms with Crippen molar-refractivity contribution in [3.05, 3.63) is 35.4 Å². The molecule has 0 saturated carbocycles. The van der Waals surface area contributed by atoms with Crippen molar-refractivity contribution in [3.63, 3.8) is 0 Å². The SMILES string of the molecule is CC(C)CN(CC(F)(F)F)S(=O)(=O)Cc1cccc(C#N)c1. The lowest BCUT2D eigenvalue weighted by atomic mass is 10.2. The number of hydrogen-bond acceptors (Lipinski definition) is 3. The van der Waals surface area contributed by atoms with E-state index in [1.807, 2.05) is 6.07 Å². The van der Waals surface area contributed by atoms with Crippen molar-refractivity contribution in [2.75, 3.05) is 13.1 Å². The molecule has 0 spiro atoms. The van der Waals surface area contributed by atoms with Crippen molar-refractivity contribution >= 4 is 10.0 Å². The van der Waals surface area contributed by atoms with E-state index in [0.717, 1.165) is 0 Å². The fourth-order valence-electron chi connectivity index (χ4n) is 1.92. The van der Waals surface area contributed by atoms with E-state index in [9.17, 15) is 21.6 Å². The monoisotopic (exact) mass is 334 g/mol. The lowest BCUT2D eigenvalue weighted by molar-refractivity contribution is -0.136. The van der Waals surface area contributed by atoms with Crippen LogP contribution in [0.25, 0.3) is 0 Å². The van der Waals surface area contributed by atoms with Gasteiger partial charge in [0.1, 0.15) is 6.54 Å². The predicted molar refractivity (Wildman–Crippen MR) is 76.2 cm³/mol. The Hall–Kier alpha value is -1.59. The fourth-order valence-corrected chi connectivity index (χ4v) is 3.57. The summed E-state index contributed by atoms with van der Waals surface area (Å²) in [5.41, 5.74) is 0.550. The van der Waals surface area contributed by atoms with Crippen LogP contribution in [-0.4, -0.2) is 32.0 Å². The van der Waals surface area contributed by atoms with Crippen LogP contribution >= 0.6 is 0 Å². The van der Waals surface area contributed by atoms with Crippen LogP contribution in [0.2, 0.25) is 0 Å². The maximum atomic E-state index is 12.6. The van der Waals surface area contributed by atoms with Gasteiger partial charge in [0.15, 0.2) is 0 Å². The summed E-state index contributed by atoms with van der Waals surface area (Å²) in [5, 5.41) is 8.78. The Labute approximate surface area is 128 Å². The Kier molecular flexibility index (Phi) is 5.97. The molecule has 1 aromatic rings. The Morgan fingerprint density at radius 2 is 1.95 bits per heavy atom. The summed E-state index contributed by atoms with van der Waals surface area (Å²) < 4.78 is 62.8. The smallest absolute Gasteiger partial charge is 0.212 e. The Bertz CT molecular complexity index is 649. The summed E-state index contributed by atoms with van der Waals surface area (Å²) in [4.78, 5) is 0. The second-order valence-electron chi connectivity index (χ2n) is 5.37. The van der Waals surface area contributed by atoms with Gasteiger partial charge in [0.25, 0.3) is 0 Å². The molecule has 0 saturated heterocycles. The minimum Gasteiger partial charge on any atom is -0.212 e. The molecule has 8 heteroatoms. The first-order valence-corrected chi connectivity index (χ1v) is 8.18. The number of hydrogen-bond donors (Lipinski definition) is 0. The van der Waals surface area contributed by atoms with E-state index >= 15 is 0 Å². The first kappa shape index (κ1) is 18.5. The molecule has 0 aliphatic heterocycles. The lowest BCUT2D eigenvalue weighted by Gasteiger charge is -2.25. The summed E-state index contributed by atoms with van der Waals surface area (Å²) in [6, 6.07) is 7.69. The van der Waals surface area contributed by atoms with Crippen LogP contribution in [0.15, 0.2) is 24.3 Å². The molecule has 0 aromatic heterocycles. The third-order valence-corrected chi connectivity index (χ3v) is 4.49. The van der Waals surface area contributed by atoms with Gasteiger partial charge in [-0.2, -0.15) is 22.7 Å². The largest absolute Gasteiger partial charge is 0.402 e. The van der Waals surface area contributed by atoms with Crippen molar-refractivity contribution in [2.45, 2.75) is 25.8 Å². The van der Waals surface area contributed by atoms with Crippen LogP contribution in [0.4, 0.5) is 13.2 Å². The topological polar surface area (TPSA) is 61.2 Å². The second kappa shape index (κ2) is 7.11. The molecule has 0 N–H and O–H groups in total. The van der Waals surface area contributed by atoms with E-state index in [2.05, 4.69) is 0 Å². The zero-order valence-corrected chi connectivity index (χ0v) is 13.1. The van der Waals surface area contributed by atoms with Crippen LogP contribution in [-0.2, 0) is 15.8 Å². The van der Waals surface area contributed by atoms with E-state index in [0.29, 0.717) is 4.31 Å².